The molecule has 4 heteroatoms. The summed E-state index contributed by atoms with van der Waals surface area (Å²) >= 11 is 0. The third-order valence-electron chi connectivity index (χ3n) is 4.55. The average Bonchev–Trinajstić information content (AvgIpc) is 2.47. The number of rotatable bonds is 3. The lowest BCUT2D eigenvalue weighted by Crippen LogP contribution is -2.58. The summed E-state index contributed by atoms with van der Waals surface area (Å²) in [5.74, 6) is 2.43. The van der Waals surface area contributed by atoms with Gasteiger partial charge in [0.2, 0.25) is 0 Å². The highest BCUT2D eigenvalue weighted by atomic mass is 16.6. The summed E-state index contributed by atoms with van der Waals surface area (Å²) in [5.41, 5.74) is 7.52. The second-order valence-electron chi connectivity index (χ2n) is 6.71. The number of hydrogen-bond donors (Lipinski definition) is 1. The SMILES string of the molecule is CC1CCCN(C(C)(N)Cc2ccc3c(c2)OCCO3)C1. The molecule has 0 bridgehead atoms. The number of nitrogens with zero attached hydrogens (tertiary/aromatic N) is 1. The van der Waals surface area contributed by atoms with E-state index in [4.69, 9.17) is 15.2 Å². The fourth-order valence-electron chi connectivity index (χ4n) is 3.38. The van der Waals surface area contributed by atoms with E-state index in [1.54, 1.807) is 0 Å². The zero-order valence-corrected chi connectivity index (χ0v) is 13.1. The molecule has 0 saturated carbocycles. The fraction of sp³-hybridized carbons (Fsp3) is 0.647. The van der Waals surface area contributed by atoms with E-state index in [9.17, 15) is 0 Å². The molecule has 1 aromatic carbocycles. The molecule has 0 spiro atoms. The number of ether oxygens (including phenoxy) is 2. The van der Waals surface area contributed by atoms with E-state index in [0.717, 1.165) is 36.9 Å². The van der Waals surface area contributed by atoms with Crippen LogP contribution in [0, 0.1) is 5.92 Å². The summed E-state index contributed by atoms with van der Waals surface area (Å²) in [6, 6.07) is 6.18. The van der Waals surface area contributed by atoms with Gasteiger partial charge in [-0.15, -0.1) is 0 Å². The monoisotopic (exact) mass is 290 g/mol. The molecule has 3 rings (SSSR count). The highest BCUT2D eigenvalue weighted by Crippen LogP contribution is 2.32. The molecule has 0 radical (unpaired) electrons. The minimum absolute atomic E-state index is 0.307. The van der Waals surface area contributed by atoms with Gasteiger partial charge in [-0.2, -0.15) is 0 Å². The van der Waals surface area contributed by atoms with Crippen molar-refractivity contribution in [1.29, 1.82) is 0 Å². The zero-order valence-electron chi connectivity index (χ0n) is 13.1. The van der Waals surface area contributed by atoms with Crippen LogP contribution in [-0.4, -0.2) is 36.9 Å². The molecule has 2 atom stereocenters. The van der Waals surface area contributed by atoms with E-state index in [-0.39, 0.29) is 5.66 Å². The molecule has 1 saturated heterocycles. The van der Waals surface area contributed by atoms with E-state index in [1.165, 1.54) is 18.4 Å². The predicted molar refractivity (Wildman–Crippen MR) is 83.7 cm³/mol. The Morgan fingerprint density at radius 2 is 2.05 bits per heavy atom. The van der Waals surface area contributed by atoms with Crippen molar-refractivity contribution in [3.05, 3.63) is 23.8 Å². The van der Waals surface area contributed by atoms with Crippen LogP contribution in [0.1, 0.15) is 32.3 Å². The standard InChI is InChI=1S/C17H26N2O2/c1-13-4-3-7-19(12-13)17(2,18)11-14-5-6-15-16(10-14)21-9-8-20-15/h5-6,10,13H,3-4,7-9,11-12,18H2,1-2H3. The van der Waals surface area contributed by atoms with Gasteiger partial charge in [-0.3, -0.25) is 4.90 Å². The van der Waals surface area contributed by atoms with Crippen LogP contribution in [0.15, 0.2) is 18.2 Å². The van der Waals surface area contributed by atoms with E-state index in [0.29, 0.717) is 13.2 Å². The van der Waals surface area contributed by atoms with Crippen molar-refractivity contribution in [2.24, 2.45) is 11.7 Å². The van der Waals surface area contributed by atoms with Crippen molar-refractivity contribution in [3.63, 3.8) is 0 Å². The van der Waals surface area contributed by atoms with Crippen LogP contribution >= 0.6 is 0 Å². The molecule has 0 aliphatic carbocycles. The maximum absolute atomic E-state index is 6.62. The van der Waals surface area contributed by atoms with Crippen molar-refractivity contribution in [1.82, 2.24) is 4.90 Å². The van der Waals surface area contributed by atoms with Crippen LogP contribution < -0.4 is 15.2 Å². The third kappa shape index (κ3) is 3.33. The summed E-state index contributed by atoms with van der Waals surface area (Å²) in [7, 11) is 0. The predicted octanol–water partition coefficient (Wildman–Crippen LogP) is 2.41. The van der Waals surface area contributed by atoms with Crippen LogP contribution in [0.25, 0.3) is 0 Å². The smallest absolute Gasteiger partial charge is 0.161 e. The number of nitrogens with two attached hydrogens (primary N) is 1. The second-order valence-corrected chi connectivity index (χ2v) is 6.71. The van der Waals surface area contributed by atoms with Crippen molar-refractivity contribution >= 4 is 0 Å². The minimum Gasteiger partial charge on any atom is -0.486 e. The number of likely N-dealkylation sites (tertiary alicyclic amines) is 1. The van der Waals surface area contributed by atoms with Crippen LogP contribution in [0.4, 0.5) is 0 Å². The molecular formula is C17H26N2O2. The third-order valence-corrected chi connectivity index (χ3v) is 4.55. The summed E-state index contributed by atoms with van der Waals surface area (Å²) in [5, 5.41) is 0. The molecule has 116 valence electrons. The maximum atomic E-state index is 6.62. The molecule has 2 aliphatic rings. The van der Waals surface area contributed by atoms with Gasteiger partial charge in [0.05, 0.1) is 5.66 Å². The summed E-state index contributed by atoms with van der Waals surface area (Å²) in [4.78, 5) is 2.43. The van der Waals surface area contributed by atoms with Gasteiger partial charge in [0.25, 0.3) is 0 Å². The molecule has 1 aromatic rings. The van der Waals surface area contributed by atoms with Gasteiger partial charge in [0.15, 0.2) is 11.5 Å². The zero-order chi connectivity index (χ0) is 14.9. The molecule has 1 fully saturated rings. The average molecular weight is 290 g/mol. The van der Waals surface area contributed by atoms with Crippen LogP contribution in [0.5, 0.6) is 11.5 Å². The molecule has 21 heavy (non-hydrogen) atoms. The van der Waals surface area contributed by atoms with E-state index in [2.05, 4.69) is 30.9 Å². The van der Waals surface area contributed by atoms with Gasteiger partial charge in [-0.1, -0.05) is 13.0 Å². The van der Waals surface area contributed by atoms with Gasteiger partial charge in [-0.25, -0.2) is 0 Å². The minimum atomic E-state index is -0.307. The lowest BCUT2D eigenvalue weighted by molar-refractivity contribution is 0.0626. The molecule has 0 amide bonds. The van der Waals surface area contributed by atoms with Gasteiger partial charge < -0.3 is 15.2 Å². The van der Waals surface area contributed by atoms with Crippen molar-refractivity contribution in [3.8, 4) is 11.5 Å². The van der Waals surface area contributed by atoms with Crippen LogP contribution in [0.2, 0.25) is 0 Å². The molecule has 2 N–H and O–H groups in total. The lowest BCUT2D eigenvalue weighted by atomic mass is 9.93. The summed E-state index contributed by atoms with van der Waals surface area (Å²) < 4.78 is 11.2. The first-order valence-corrected chi connectivity index (χ1v) is 7.97. The van der Waals surface area contributed by atoms with Crippen molar-refractivity contribution in [2.75, 3.05) is 26.3 Å². The first kappa shape index (κ1) is 14.7. The number of hydrogen-bond acceptors (Lipinski definition) is 4. The fourth-order valence-corrected chi connectivity index (χ4v) is 3.38. The van der Waals surface area contributed by atoms with Gasteiger partial charge in [0.1, 0.15) is 13.2 Å². The quantitative estimate of drug-likeness (QED) is 0.928. The Bertz CT molecular complexity index is 502. The lowest BCUT2D eigenvalue weighted by Gasteiger charge is -2.43. The Morgan fingerprint density at radius 3 is 2.81 bits per heavy atom. The van der Waals surface area contributed by atoms with Gasteiger partial charge >= 0.3 is 0 Å². The topological polar surface area (TPSA) is 47.7 Å². The van der Waals surface area contributed by atoms with E-state index in [1.807, 2.05) is 6.07 Å². The Hall–Kier alpha value is -1.26. The second kappa shape index (κ2) is 5.85. The molecule has 0 aromatic heterocycles. The van der Waals surface area contributed by atoms with Crippen LogP contribution in [-0.2, 0) is 6.42 Å². The Balaban J connectivity index is 1.72. The first-order valence-electron chi connectivity index (χ1n) is 7.97. The van der Waals surface area contributed by atoms with Crippen molar-refractivity contribution in [2.45, 2.75) is 38.8 Å². The first-order chi connectivity index (χ1) is 10.0. The summed E-state index contributed by atoms with van der Waals surface area (Å²) in [6.45, 7) is 7.90. The molecular weight excluding hydrogens is 264 g/mol. The van der Waals surface area contributed by atoms with Crippen LogP contribution in [0.3, 0.4) is 0 Å². The van der Waals surface area contributed by atoms with Gasteiger partial charge in [0, 0.05) is 13.0 Å². The Morgan fingerprint density at radius 1 is 1.29 bits per heavy atom. The van der Waals surface area contributed by atoms with E-state index >= 15 is 0 Å². The molecule has 2 unspecified atom stereocenters. The Kier molecular flexibility index (Phi) is 4.09. The Labute approximate surface area is 127 Å². The molecule has 2 aliphatic heterocycles. The number of piperidine rings is 1. The molecule has 2 heterocycles. The highest BCUT2D eigenvalue weighted by Gasteiger charge is 2.31. The number of benzene rings is 1. The number of fused-ring (bicyclic) bond motifs is 1. The largest absolute Gasteiger partial charge is 0.486 e. The normalized spacial score (nSPS) is 25.4. The molecule has 4 nitrogen and oxygen atoms in total. The highest BCUT2D eigenvalue weighted by molar-refractivity contribution is 5.44. The van der Waals surface area contributed by atoms with Crippen molar-refractivity contribution < 1.29 is 9.47 Å². The maximum Gasteiger partial charge on any atom is 0.161 e. The summed E-state index contributed by atoms with van der Waals surface area (Å²) in [6.07, 6.45) is 3.39. The van der Waals surface area contributed by atoms with Gasteiger partial charge in [-0.05, 0) is 49.9 Å². The van der Waals surface area contributed by atoms with E-state index < -0.39 is 0 Å².